The van der Waals surface area contributed by atoms with Gasteiger partial charge in [0.15, 0.2) is 0 Å². The first-order valence-corrected chi connectivity index (χ1v) is 5.72. The van der Waals surface area contributed by atoms with Crippen LogP contribution in [0.25, 0.3) is 0 Å². The fraction of sp³-hybridized carbons (Fsp3) is 0.462. The van der Waals surface area contributed by atoms with Gasteiger partial charge in [0.1, 0.15) is 11.5 Å². The second-order valence-electron chi connectivity index (χ2n) is 3.96. The van der Waals surface area contributed by atoms with E-state index in [1.807, 2.05) is 0 Å². The van der Waals surface area contributed by atoms with Gasteiger partial charge in [-0.25, -0.2) is 0 Å². The van der Waals surface area contributed by atoms with Gasteiger partial charge in [0.2, 0.25) is 0 Å². The molecule has 1 aromatic rings. The summed E-state index contributed by atoms with van der Waals surface area (Å²) >= 11 is 0. The van der Waals surface area contributed by atoms with E-state index in [1.54, 1.807) is 24.1 Å². The predicted molar refractivity (Wildman–Crippen MR) is 66.5 cm³/mol. The zero-order chi connectivity index (χ0) is 12.8. The van der Waals surface area contributed by atoms with Gasteiger partial charge in [0.05, 0.1) is 12.7 Å². The number of aromatic hydroxyl groups is 1. The average molecular weight is 237 g/mol. The summed E-state index contributed by atoms with van der Waals surface area (Å²) in [6.07, 6.45) is 1.98. The van der Waals surface area contributed by atoms with Gasteiger partial charge in [-0.1, -0.05) is 13.3 Å². The van der Waals surface area contributed by atoms with Crippen LogP contribution in [0.5, 0.6) is 11.5 Å². The molecular formula is C13H19NO3. The molecule has 1 N–H and O–H groups in total. The molecule has 0 heterocycles. The molecule has 0 saturated carbocycles. The van der Waals surface area contributed by atoms with E-state index in [0.29, 0.717) is 12.3 Å². The molecular weight excluding hydrogens is 218 g/mol. The summed E-state index contributed by atoms with van der Waals surface area (Å²) in [6.45, 7) is 2.76. The number of rotatable bonds is 5. The molecule has 0 aliphatic rings. The summed E-state index contributed by atoms with van der Waals surface area (Å²) in [5.74, 6) is 0.365. The maximum absolute atomic E-state index is 12.0. The van der Waals surface area contributed by atoms with Crippen LogP contribution in [0, 0.1) is 0 Å². The first-order chi connectivity index (χ1) is 8.10. The van der Waals surface area contributed by atoms with Crippen LogP contribution < -0.4 is 4.74 Å². The summed E-state index contributed by atoms with van der Waals surface area (Å²) in [7, 11) is 3.26. The number of unbranched alkanes of at least 4 members (excludes halogenated alkanes) is 1. The molecule has 0 aliphatic heterocycles. The van der Waals surface area contributed by atoms with Gasteiger partial charge in [-0.3, -0.25) is 4.79 Å². The third-order valence-electron chi connectivity index (χ3n) is 2.63. The van der Waals surface area contributed by atoms with E-state index in [0.717, 1.165) is 12.8 Å². The highest BCUT2D eigenvalue weighted by Gasteiger charge is 2.16. The summed E-state index contributed by atoms with van der Waals surface area (Å²) < 4.78 is 5.04. The second kappa shape index (κ2) is 6.13. The fourth-order valence-electron chi connectivity index (χ4n) is 1.52. The van der Waals surface area contributed by atoms with Gasteiger partial charge in [-0.15, -0.1) is 0 Å². The van der Waals surface area contributed by atoms with Crippen molar-refractivity contribution in [2.24, 2.45) is 0 Å². The monoisotopic (exact) mass is 237 g/mol. The van der Waals surface area contributed by atoms with Crippen molar-refractivity contribution in [1.29, 1.82) is 0 Å². The smallest absolute Gasteiger partial charge is 0.257 e. The highest BCUT2D eigenvalue weighted by Crippen LogP contribution is 2.23. The van der Waals surface area contributed by atoms with Crippen molar-refractivity contribution >= 4 is 5.91 Å². The Morgan fingerprint density at radius 3 is 2.76 bits per heavy atom. The number of benzene rings is 1. The molecule has 0 aliphatic carbocycles. The number of methoxy groups -OCH3 is 1. The van der Waals surface area contributed by atoms with Crippen LogP contribution in [0.15, 0.2) is 18.2 Å². The van der Waals surface area contributed by atoms with Crippen molar-refractivity contribution in [2.45, 2.75) is 19.8 Å². The molecule has 17 heavy (non-hydrogen) atoms. The molecule has 4 nitrogen and oxygen atoms in total. The highest BCUT2D eigenvalue weighted by atomic mass is 16.5. The molecule has 0 unspecified atom stereocenters. The third kappa shape index (κ3) is 3.37. The number of carbonyl (C=O) groups is 1. The maximum Gasteiger partial charge on any atom is 0.257 e. The molecule has 1 rings (SSSR count). The van der Waals surface area contributed by atoms with E-state index in [1.165, 1.54) is 13.2 Å². The molecule has 0 atom stereocenters. The molecule has 0 saturated heterocycles. The number of phenols is 1. The minimum Gasteiger partial charge on any atom is -0.507 e. The Bertz CT molecular complexity index is 390. The van der Waals surface area contributed by atoms with E-state index in [4.69, 9.17) is 4.74 Å². The van der Waals surface area contributed by atoms with Crippen molar-refractivity contribution in [3.63, 3.8) is 0 Å². The van der Waals surface area contributed by atoms with Gasteiger partial charge in [0.25, 0.3) is 5.91 Å². The number of ether oxygens (including phenoxy) is 1. The van der Waals surface area contributed by atoms with E-state index >= 15 is 0 Å². The quantitative estimate of drug-likeness (QED) is 0.854. The van der Waals surface area contributed by atoms with E-state index in [2.05, 4.69) is 6.92 Å². The van der Waals surface area contributed by atoms with Gasteiger partial charge < -0.3 is 14.7 Å². The first kappa shape index (κ1) is 13.4. The van der Waals surface area contributed by atoms with Crippen molar-refractivity contribution in [3.05, 3.63) is 23.8 Å². The molecule has 0 fully saturated rings. The van der Waals surface area contributed by atoms with Crippen molar-refractivity contribution in [3.8, 4) is 11.5 Å². The minimum absolute atomic E-state index is 0.0147. The molecule has 94 valence electrons. The third-order valence-corrected chi connectivity index (χ3v) is 2.63. The fourth-order valence-corrected chi connectivity index (χ4v) is 1.52. The topological polar surface area (TPSA) is 49.8 Å². The Labute approximate surface area is 102 Å². The maximum atomic E-state index is 12.0. The Morgan fingerprint density at radius 1 is 1.47 bits per heavy atom. The molecule has 0 spiro atoms. The van der Waals surface area contributed by atoms with E-state index in [9.17, 15) is 9.90 Å². The SMILES string of the molecule is CCCCN(C)C(=O)c1cc(OC)ccc1O. The molecule has 0 radical (unpaired) electrons. The van der Waals surface area contributed by atoms with Crippen LogP contribution in [0.1, 0.15) is 30.1 Å². The number of phenolic OH excluding ortho intramolecular Hbond substituents is 1. The lowest BCUT2D eigenvalue weighted by molar-refractivity contribution is 0.0790. The first-order valence-electron chi connectivity index (χ1n) is 5.72. The molecule has 1 amide bonds. The normalized spacial score (nSPS) is 10.1. The van der Waals surface area contributed by atoms with Crippen molar-refractivity contribution < 1.29 is 14.6 Å². The number of hydrogen-bond donors (Lipinski definition) is 1. The number of hydrogen-bond acceptors (Lipinski definition) is 3. The largest absolute Gasteiger partial charge is 0.507 e. The zero-order valence-corrected chi connectivity index (χ0v) is 10.6. The van der Waals surface area contributed by atoms with Gasteiger partial charge in [-0.2, -0.15) is 0 Å². The summed E-state index contributed by atoms with van der Waals surface area (Å²) in [5.41, 5.74) is 0.281. The van der Waals surface area contributed by atoms with Crippen LogP contribution in [-0.4, -0.2) is 36.6 Å². The lowest BCUT2D eigenvalue weighted by atomic mass is 10.1. The van der Waals surface area contributed by atoms with Crippen LogP contribution in [0.2, 0.25) is 0 Å². The Balaban J connectivity index is 2.87. The van der Waals surface area contributed by atoms with E-state index in [-0.39, 0.29) is 17.2 Å². The van der Waals surface area contributed by atoms with E-state index < -0.39 is 0 Å². The predicted octanol–water partition coefficient (Wildman–Crippen LogP) is 2.27. The Kier molecular flexibility index (Phi) is 4.82. The van der Waals surface area contributed by atoms with Gasteiger partial charge in [-0.05, 0) is 24.6 Å². The zero-order valence-electron chi connectivity index (χ0n) is 10.6. The van der Waals surface area contributed by atoms with Gasteiger partial charge >= 0.3 is 0 Å². The average Bonchev–Trinajstić information content (AvgIpc) is 2.35. The number of carbonyl (C=O) groups excluding carboxylic acids is 1. The molecule has 1 aromatic carbocycles. The number of amides is 1. The summed E-state index contributed by atoms with van der Waals surface area (Å²) in [4.78, 5) is 13.7. The molecule has 0 aromatic heterocycles. The van der Waals surface area contributed by atoms with Crippen LogP contribution in [0.3, 0.4) is 0 Å². The summed E-state index contributed by atoms with van der Waals surface area (Å²) in [5, 5.41) is 9.67. The Hall–Kier alpha value is -1.71. The molecule has 0 bridgehead atoms. The second-order valence-corrected chi connectivity index (χ2v) is 3.96. The van der Waals surface area contributed by atoms with Crippen LogP contribution in [-0.2, 0) is 0 Å². The standard InChI is InChI=1S/C13H19NO3/c1-4-5-8-14(2)13(16)11-9-10(17-3)6-7-12(11)15/h6-7,9,15H,4-5,8H2,1-3H3. The molecule has 4 heteroatoms. The van der Waals surface area contributed by atoms with Crippen LogP contribution >= 0.6 is 0 Å². The Morgan fingerprint density at radius 2 is 2.18 bits per heavy atom. The minimum atomic E-state index is -0.185. The lowest BCUT2D eigenvalue weighted by Gasteiger charge is -2.17. The van der Waals surface area contributed by atoms with Gasteiger partial charge in [0, 0.05) is 13.6 Å². The summed E-state index contributed by atoms with van der Waals surface area (Å²) in [6, 6.07) is 4.65. The highest BCUT2D eigenvalue weighted by molar-refractivity contribution is 5.97. The van der Waals surface area contributed by atoms with Crippen LogP contribution in [0.4, 0.5) is 0 Å². The van der Waals surface area contributed by atoms with Crippen molar-refractivity contribution in [1.82, 2.24) is 4.90 Å². The lowest BCUT2D eigenvalue weighted by Crippen LogP contribution is -2.27. The van der Waals surface area contributed by atoms with Crippen molar-refractivity contribution in [2.75, 3.05) is 20.7 Å². The number of nitrogens with zero attached hydrogens (tertiary/aromatic N) is 1.